The highest BCUT2D eigenvalue weighted by atomic mass is 19.3. The second-order valence-corrected chi connectivity index (χ2v) is 7.05. The van der Waals surface area contributed by atoms with Gasteiger partial charge in [0.05, 0.1) is 12.2 Å². The van der Waals surface area contributed by atoms with Crippen molar-refractivity contribution in [3.63, 3.8) is 0 Å². The molecule has 4 nitrogen and oxygen atoms in total. The first-order chi connectivity index (χ1) is 10.9. The summed E-state index contributed by atoms with van der Waals surface area (Å²) in [6.45, 7) is 0.737. The van der Waals surface area contributed by atoms with Crippen molar-refractivity contribution in [3.8, 4) is 0 Å². The standard InChI is InChI=1S/C17H19F2N3O/c18-17(19)10-16(5-3-6-16)11-21(12-17)9-13-8-15(23)22-7-2-1-4-14(22)20-13/h1-2,4,7-8H,3,5-6,9-12H2. The van der Waals surface area contributed by atoms with Crippen LogP contribution in [0.4, 0.5) is 8.78 Å². The third-order valence-electron chi connectivity index (χ3n) is 5.07. The van der Waals surface area contributed by atoms with E-state index in [0.717, 1.165) is 19.3 Å². The molecule has 0 N–H and O–H groups in total. The van der Waals surface area contributed by atoms with E-state index in [1.807, 2.05) is 6.07 Å². The highest BCUT2D eigenvalue weighted by Gasteiger charge is 2.51. The molecule has 2 aliphatic rings. The van der Waals surface area contributed by atoms with Gasteiger partial charge in [0.15, 0.2) is 0 Å². The summed E-state index contributed by atoms with van der Waals surface area (Å²) in [7, 11) is 0. The van der Waals surface area contributed by atoms with Crippen LogP contribution in [-0.2, 0) is 6.54 Å². The van der Waals surface area contributed by atoms with E-state index >= 15 is 0 Å². The van der Waals surface area contributed by atoms with E-state index in [4.69, 9.17) is 0 Å². The van der Waals surface area contributed by atoms with Crippen molar-refractivity contribution < 1.29 is 8.78 Å². The average Bonchev–Trinajstić information content (AvgIpc) is 2.44. The molecule has 1 spiro atoms. The van der Waals surface area contributed by atoms with Crippen LogP contribution in [0.5, 0.6) is 0 Å². The van der Waals surface area contributed by atoms with Crippen LogP contribution in [0.15, 0.2) is 35.3 Å². The van der Waals surface area contributed by atoms with Gasteiger partial charge in [0.1, 0.15) is 5.65 Å². The van der Waals surface area contributed by atoms with E-state index in [1.165, 1.54) is 10.5 Å². The number of pyridine rings is 1. The number of hydrogen-bond donors (Lipinski definition) is 0. The maximum atomic E-state index is 14.1. The topological polar surface area (TPSA) is 37.6 Å². The molecule has 2 aromatic heterocycles. The van der Waals surface area contributed by atoms with Crippen molar-refractivity contribution >= 4 is 5.65 Å². The number of fused-ring (bicyclic) bond motifs is 1. The van der Waals surface area contributed by atoms with Crippen LogP contribution in [0, 0.1) is 5.41 Å². The van der Waals surface area contributed by atoms with Gasteiger partial charge in [0.25, 0.3) is 11.5 Å². The van der Waals surface area contributed by atoms with E-state index in [-0.39, 0.29) is 23.9 Å². The van der Waals surface area contributed by atoms with Gasteiger partial charge in [0, 0.05) is 31.8 Å². The maximum Gasteiger partial charge on any atom is 0.261 e. The number of halogens is 2. The zero-order valence-corrected chi connectivity index (χ0v) is 12.8. The molecule has 0 amide bonds. The summed E-state index contributed by atoms with van der Waals surface area (Å²) in [6, 6.07) is 6.78. The predicted molar refractivity (Wildman–Crippen MR) is 82.6 cm³/mol. The van der Waals surface area contributed by atoms with E-state index in [9.17, 15) is 13.6 Å². The highest BCUT2D eigenvalue weighted by Crippen LogP contribution is 2.51. The number of rotatable bonds is 2. The molecule has 4 rings (SSSR count). The highest BCUT2D eigenvalue weighted by molar-refractivity contribution is 5.38. The Bertz CT molecular complexity index is 798. The molecular weight excluding hydrogens is 300 g/mol. The van der Waals surface area contributed by atoms with Gasteiger partial charge in [-0.15, -0.1) is 0 Å². The number of hydrogen-bond acceptors (Lipinski definition) is 3. The Hall–Kier alpha value is -1.82. The van der Waals surface area contributed by atoms with Gasteiger partial charge in [-0.05, 0) is 30.4 Å². The van der Waals surface area contributed by atoms with Crippen LogP contribution >= 0.6 is 0 Å². The largest absolute Gasteiger partial charge is 0.291 e. The molecular formula is C17H19F2N3O. The van der Waals surface area contributed by atoms with Crippen LogP contribution in [0.2, 0.25) is 0 Å². The fourth-order valence-corrected chi connectivity index (χ4v) is 4.05. The van der Waals surface area contributed by atoms with Gasteiger partial charge >= 0.3 is 0 Å². The Labute approximate surface area is 132 Å². The quantitative estimate of drug-likeness (QED) is 0.854. The summed E-state index contributed by atoms with van der Waals surface area (Å²) in [5, 5.41) is 0. The number of nitrogens with zero attached hydrogens (tertiary/aromatic N) is 3. The van der Waals surface area contributed by atoms with Gasteiger partial charge in [-0.2, -0.15) is 0 Å². The second kappa shape index (κ2) is 5.09. The van der Waals surface area contributed by atoms with Crippen LogP contribution in [0.1, 0.15) is 31.4 Å². The maximum absolute atomic E-state index is 14.1. The molecule has 0 atom stereocenters. The van der Waals surface area contributed by atoms with Crippen LogP contribution in [0.25, 0.3) is 5.65 Å². The summed E-state index contributed by atoms with van der Waals surface area (Å²) >= 11 is 0. The van der Waals surface area contributed by atoms with E-state index in [1.54, 1.807) is 23.2 Å². The summed E-state index contributed by atoms with van der Waals surface area (Å²) < 4.78 is 29.6. The molecule has 0 aromatic carbocycles. The summed E-state index contributed by atoms with van der Waals surface area (Å²) in [5.74, 6) is -2.65. The molecule has 0 radical (unpaired) electrons. The molecule has 1 saturated carbocycles. The van der Waals surface area contributed by atoms with Crippen LogP contribution in [-0.4, -0.2) is 33.3 Å². The zero-order valence-electron chi connectivity index (χ0n) is 12.8. The monoisotopic (exact) mass is 319 g/mol. The third-order valence-corrected chi connectivity index (χ3v) is 5.07. The number of piperidine rings is 1. The lowest BCUT2D eigenvalue weighted by Gasteiger charge is -2.51. The molecule has 3 heterocycles. The van der Waals surface area contributed by atoms with Crippen molar-refractivity contribution in [3.05, 3.63) is 46.5 Å². The van der Waals surface area contributed by atoms with Crippen LogP contribution < -0.4 is 5.56 Å². The van der Waals surface area contributed by atoms with Crippen molar-refractivity contribution in [2.24, 2.45) is 5.41 Å². The molecule has 1 aliphatic heterocycles. The molecule has 1 aliphatic carbocycles. The van der Waals surface area contributed by atoms with Crippen molar-refractivity contribution in [2.75, 3.05) is 13.1 Å². The van der Waals surface area contributed by atoms with Gasteiger partial charge in [-0.3, -0.25) is 14.1 Å². The lowest BCUT2D eigenvalue weighted by Crippen LogP contribution is -2.54. The van der Waals surface area contributed by atoms with Crippen molar-refractivity contribution in [1.82, 2.24) is 14.3 Å². The second-order valence-electron chi connectivity index (χ2n) is 7.05. The first kappa shape index (κ1) is 14.8. The van der Waals surface area contributed by atoms with Crippen molar-refractivity contribution in [2.45, 2.75) is 38.2 Å². The van der Waals surface area contributed by atoms with Gasteiger partial charge < -0.3 is 0 Å². The Morgan fingerprint density at radius 2 is 2.04 bits per heavy atom. The first-order valence-corrected chi connectivity index (χ1v) is 8.02. The van der Waals surface area contributed by atoms with E-state index in [2.05, 4.69) is 4.98 Å². The number of alkyl halides is 2. The van der Waals surface area contributed by atoms with Crippen LogP contribution in [0.3, 0.4) is 0 Å². The lowest BCUT2D eigenvalue weighted by atomic mass is 9.63. The Balaban J connectivity index is 1.61. The van der Waals surface area contributed by atoms with Gasteiger partial charge in [-0.25, -0.2) is 13.8 Å². The third kappa shape index (κ3) is 2.76. The summed E-state index contributed by atoms with van der Waals surface area (Å²) in [4.78, 5) is 18.3. The molecule has 6 heteroatoms. The minimum atomic E-state index is -2.65. The van der Waals surface area contributed by atoms with Gasteiger partial charge in [-0.1, -0.05) is 12.5 Å². The molecule has 122 valence electrons. The molecule has 23 heavy (non-hydrogen) atoms. The number of aromatic nitrogens is 2. The normalized spacial score (nSPS) is 23.0. The van der Waals surface area contributed by atoms with Gasteiger partial charge in [0.2, 0.25) is 0 Å². The van der Waals surface area contributed by atoms with Crippen molar-refractivity contribution in [1.29, 1.82) is 0 Å². The zero-order chi connectivity index (χ0) is 16.1. The molecule has 1 saturated heterocycles. The Morgan fingerprint density at radius 1 is 1.22 bits per heavy atom. The summed E-state index contributed by atoms with van der Waals surface area (Å²) in [5.41, 5.74) is 0.714. The SMILES string of the molecule is O=c1cc(CN2CC(F)(F)CC3(CCC3)C2)nc2ccccn12. The first-order valence-electron chi connectivity index (χ1n) is 8.02. The fraction of sp³-hybridized carbons (Fsp3) is 0.529. The van der Waals surface area contributed by atoms with E-state index in [0.29, 0.717) is 24.4 Å². The molecule has 2 aromatic rings. The predicted octanol–water partition coefficient (Wildman–Crippen LogP) is 2.71. The number of likely N-dealkylation sites (tertiary alicyclic amines) is 1. The minimum absolute atomic E-state index is 0.00427. The minimum Gasteiger partial charge on any atom is -0.291 e. The average molecular weight is 319 g/mol. The Kier molecular flexibility index (Phi) is 3.27. The Morgan fingerprint density at radius 3 is 2.78 bits per heavy atom. The fourth-order valence-electron chi connectivity index (χ4n) is 4.05. The molecule has 0 unspecified atom stereocenters. The van der Waals surface area contributed by atoms with E-state index < -0.39 is 5.92 Å². The summed E-state index contributed by atoms with van der Waals surface area (Å²) in [6.07, 6.45) is 4.47. The molecule has 0 bridgehead atoms. The smallest absolute Gasteiger partial charge is 0.261 e. The molecule has 2 fully saturated rings. The lowest BCUT2D eigenvalue weighted by molar-refractivity contribution is -0.140.